The van der Waals surface area contributed by atoms with Crippen molar-refractivity contribution in [1.29, 1.82) is 0 Å². The van der Waals surface area contributed by atoms with E-state index >= 15 is 0 Å². The van der Waals surface area contributed by atoms with E-state index in [1.165, 1.54) is 5.56 Å². The summed E-state index contributed by atoms with van der Waals surface area (Å²) in [7, 11) is 0. The maximum atomic E-state index is 12.3. The van der Waals surface area contributed by atoms with Crippen LogP contribution in [-0.2, 0) is 0 Å². The van der Waals surface area contributed by atoms with Crippen LogP contribution in [0.3, 0.4) is 0 Å². The Labute approximate surface area is 153 Å². The Kier molecular flexibility index (Phi) is 6.09. The van der Waals surface area contributed by atoms with Crippen LogP contribution in [0.25, 0.3) is 6.08 Å². The van der Waals surface area contributed by atoms with E-state index in [0.29, 0.717) is 5.02 Å². The quantitative estimate of drug-likeness (QED) is 0.892. The monoisotopic (exact) mass is 355 g/mol. The summed E-state index contributed by atoms with van der Waals surface area (Å²) in [6, 6.07) is 17.4. The van der Waals surface area contributed by atoms with Gasteiger partial charge in [0.15, 0.2) is 0 Å². The number of hydrogen-bond donors (Lipinski definition) is 1. The number of carbonyl (C=O) groups excluding carboxylic acids is 1. The fraction of sp³-hybridized carbons (Fsp3) is 0.250. The van der Waals surface area contributed by atoms with E-state index in [2.05, 4.69) is 34.5 Å². The minimum Gasteiger partial charge on any atom is -0.322 e. The summed E-state index contributed by atoms with van der Waals surface area (Å²) in [4.78, 5) is 16.5. The fourth-order valence-electron chi connectivity index (χ4n) is 2.77. The molecule has 1 saturated heterocycles. The second kappa shape index (κ2) is 8.70. The molecule has 1 fully saturated rings. The lowest BCUT2D eigenvalue weighted by atomic mass is 10.2. The number of rotatable bonds is 4. The number of benzene rings is 2. The third-order valence-corrected chi connectivity index (χ3v) is 4.48. The third kappa shape index (κ3) is 5.34. The van der Waals surface area contributed by atoms with Gasteiger partial charge < -0.3 is 10.2 Å². The molecule has 1 aliphatic rings. The van der Waals surface area contributed by atoms with Crippen LogP contribution >= 0.6 is 11.6 Å². The molecule has 0 spiro atoms. The van der Waals surface area contributed by atoms with Crippen molar-refractivity contribution in [3.63, 3.8) is 0 Å². The van der Waals surface area contributed by atoms with Gasteiger partial charge in [0, 0.05) is 43.4 Å². The molecule has 2 amide bonds. The minimum absolute atomic E-state index is 0.0539. The molecule has 0 aliphatic carbocycles. The average molecular weight is 356 g/mol. The Morgan fingerprint density at radius 2 is 1.68 bits per heavy atom. The number of anilines is 1. The molecule has 0 atom stereocenters. The lowest BCUT2D eigenvalue weighted by molar-refractivity contribution is 0.156. The van der Waals surface area contributed by atoms with Crippen molar-refractivity contribution < 1.29 is 4.79 Å². The molecule has 2 aromatic carbocycles. The summed E-state index contributed by atoms with van der Waals surface area (Å²) in [6.07, 6.45) is 4.32. The van der Waals surface area contributed by atoms with Gasteiger partial charge in [0.2, 0.25) is 0 Å². The summed E-state index contributed by atoms with van der Waals surface area (Å²) < 4.78 is 0. The van der Waals surface area contributed by atoms with E-state index in [1.54, 1.807) is 12.1 Å². The van der Waals surface area contributed by atoms with Crippen molar-refractivity contribution in [3.05, 3.63) is 71.3 Å². The van der Waals surface area contributed by atoms with Crippen LogP contribution in [0.5, 0.6) is 0 Å². The Bertz CT molecular complexity index is 707. The van der Waals surface area contributed by atoms with Gasteiger partial charge in [-0.25, -0.2) is 4.79 Å². The van der Waals surface area contributed by atoms with E-state index in [0.717, 1.165) is 38.4 Å². The van der Waals surface area contributed by atoms with Crippen LogP contribution in [0.4, 0.5) is 10.5 Å². The summed E-state index contributed by atoms with van der Waals surface area (Å²) in [5.74, 6) is 0. The predicted octanol–water partition coefficient (Wildman–Crippen LogP) is 4.20. The zero-order chi connectivity index (χ0) is 17.5. The van der Waals surface area contributed by atoms with Gasteiger partial charge in [0.25, 0.3) is 0 Å². The van der Waals surface area contributed by atoms with Gasteiger partial charge in [-0.3, -0.25) is 4.90 Å². The first-order chi connectivity index (χ1) is 12.2. The molecule has 0 bridgehead atoms. The van der Waals surface area contributed by atoms with Crippen molar-refractivity contribution in [3.8, 4) is 0 Å². The topological polar surface area (TPSA) is 35.6 Å². The van der Waals surface area contributed by atoms with Crippen LogP contribution in [0.15, 0.2) is 60.7 Å². The van der Waals surface area contributed by atoms with Crippen molar-refractivity contribution in [2.45, 2.75) is 0 Å². The maximum absolute atomic E-state index is 12.3. The Balaban J connectivity index is 1.42. The van der Waals surface area contributed by atoms with Crippen molar-refractivity contribution in [2.75, 3.05) is 38.0 Å². The average Bonchev–Trinajstić information content (AvgIpc) is 2.65. The molecule has 3 rings (SSSR count). The molecule has 5 heteroatoms. The first-order valence-corrected chi connectivity index (χ1v) is 8.84. The number of halogens is 1. The summed E-state index contributed by atoms with van der Waals surface area (Å²) in [5, 5.41) is 3.58. The largest absolute Gasteiger partial charge is 0.322 e. The van der Waals surface area contributed by atoms with Crippen LogP contribution < -0.4 is 5.32 Å². The molecule has 1 aliphatic heterocycles. The molecular formula is C20H22ClN3O. The highest BCUT2D eigenvalue weighted by Crippen LogP contribution is 2.14. The second-order valence-electron chi connectivity index (χ2n) is 6.04. The number of amides is 2. The number of nitrogens with one attached hydrogen (secondary N) is 1. The molecule has 130 valence electrons. The van der Waals surface area contributed by atoms with Crippen LogP contribution in [-0.4, -0.2) is 48.6 Å². The van der Waals surface area contributed by atoms with E-state index in [9.17, 15) is 4.79 Å². The lowest BCUT2D eigenvalue weighted by Crippen LogP contribution is -2.49. The zero-order valence-electron chi connectivity index (χ0n) is 14.1. The van der Waals surface area contributed by atoms with Gasteiger partial charge >= 0.3 is 6.03 Å². The van der Waals surface area contributed by atoms with Crippen molar-refractivity contribution >= 4 is 29.4 Å². The Hall–Kier alpha value is -2.30. The molecular weight excluding hydrogens is 334 g/mol. The number of carbonyl (C=O) groups is 1. The Morgan fingerprint density at radius 3 is 2.36 bits per heavy atom. The van der Waals surface area contributed by atoms with Crippen LogP contribution in [0.2, 0.25) is 5.02 Å². The van der Waals surface area contributed by atoms with Crippen molar-refractivity contribution in [1.82, 2.24) is 9.80 Å². The predicted molar refractivity (Wildman–Crippen MR) is 104 cm³/mol. The smallest absolute Gasteiger partial charge is 0.321 e. The summed E-state index contributed by atoms with van der Waals surface area (Å²) >= 11 is 5.86. The highest BCUT2D eigenvalue weighted by Gasteiger charge is 2.20. The second-order valence-corrected chi connectivity index (χ2v) is 6.47. The van der Waals surface area contributed by atoms with Crippen LogP contribution in [0.1, 0.15) is 5.56 Å². The molecule has 4 nitrogen and oxygen atoms in total. The normalized spacial score (nSPS) is 15.5. The van der Waals surface area contributed by atoms with Gasteiger partial charge in [-0.15, -0.1) is 0 Å². The molecule has 0 saturated carbocycles. The van der Waals surface area contributed by atoms with Crippen molar-refractivity contribution in [2.24, 2.45) is 0 Å². The Morgan fingerprint density at radius 1 is 1.00 bits per heavy atom. The molecule has 0 unspecified atom stereocenters. The van der Waals surface area contributed by atoms with E-state index in [4.69, 9.17) is 11.6 Å². The van der Waals surface area contributed by atoms with Gasteiger partial charge in [0.1, 0.15) is 0 Å². The van der Waals surface area contributed by atoms with Gasteiger partial charge in [-0.05, 0) is 29.8 Å². The van der Waals surface area contributed by atoms with E-state index < -0.39 is 0 Å². The first-order valence-electron chi connectivity index (χ1n) is 8.46. The number of hydrogen-bond acceptors (Lipinski definition) is 2. The number of urea groups is 1. The highest BCUT2D eigenvalue weighted by molar-refractivity contribution is 6.30. The highest BCUT2D eigenvalue weighted by atomic mass is 35.5. The number of piperazine rings is 1. The summed E-state index contributed by atoms with van der Waals surface area (Å²) in [6.45, 7) is 4.14. The van der Waals surface area contributed by atoms with Gasteiger partial charge in [-0.1, -0.05) is 54.1 Å². The van der Waals surface area contributed by atoms with E-state index in [-0.39, 0.29) is 6.03 Å². The van der Waals surface area contributed by atoms with E-state index in [1.807, 2.05) is 35.2 Å². The third-order valence-electron chi connectivity index (χ3n) is 4.23. The maximum Gasteiger partial charge on any atom is 0.321 e. The van der Waals surface area contributed by atoms with Gasteiger partial charge in [0.05, 0.1) is 0 Å². The molecule has 2 aromatic rings. The first kappa shape index (κ1) is 17.5. The fourth-order valence-corrected chi connectivity index (χ4v) is 2.90. The zero-order valence-corrected chi connectivity index (χ0v) is 14.8. The summed E-state index contributed by atoms with van der Waals surface area (Å²) in [5.41, 5.74) is 1.98. The lowest BCUT2D eigenvalue weighted by Gasteiger charge is -2.34. The molecule has 1 N–H and O–H groups in total. The minimum atomic E-state index is -0.0539. The molecule has 25 heavy (non-hydrogen) atoms. The van der Waals surface area contributed by atoms with Gasteiger partial charge in [-0.2, -0.15) is 0 Å². The molecule has 0 radical (unpaired) electrons. The molecule has 0 aromatic heterocycles. The number of nitrogens with zero attached hydrogens (tertiary/aromatic N) is 2. The SMILES string of the molecule is O=C(Nc1ccc(Cl)cc1)N1CCN(C/C=C\c2ccccc2)CC1. The van der Waals surface area contributed by atoms with Crippen LogP contribution in [0, 0.1) is 0 Å². The molecule has 1 heterocycles. The standard InChI is InChI=1S/C20H22ClN3O/c21-18-8-10-19(11-9-18)22-20(25)24-15-13-23(14-16-24)12-4-7-17-5-2-1-3-6-17/h1-11H,12-16H2,(H,22,25)/b7-4-.